The van der Waals surface area contributed by atoms with E-state index in [1.54, 1.807) is 31.2 Å². The SMILES string of the molecule is C/C(=N/NC(=O)c1cccc(S(=O)(=O)Nc2ccc(Cl)cc2)c1)c1ccc(Br)cc1. The van der Waals surface area contributed by atoms with Gasteiger partial charge in [-0.15, -0.1) is 0 Å². The fraction of sp³-hybridized carbons (Fsp3) is 0.0476. The van der Waals surface area contributed by atoms with Crippen molar-refractivity contribution < 1.29 is 13.2 Å². The van der Waals surface area contributed by atoms with Gasteiger partial charge in [-0.3, -0.25) is 9.52 Å². The minimum Gasteiger partial charge on any atom is -0.280 e. The molecule has 154 valence electrons. The summed E-state index contributed by atoms with van der Waals surface area (Å²) in [7, 11) is -3.87. The van der Waals surface area contributed by atoms with Gasteiger partial charge in [-0.05, 0) is 67.1 Å². The van der Waals surface area contributed by atoms with Crippen molar-refractivity contribution in [1.82, 2.24) is 5.43 Å². The minimum atomic E-state index is -3.87. The normalized spacial score (nSPS) is 11.8. The predicted octanol–water partition coefficient (Wildman–Crippen LogP) is 5.06. The van der Waals surface area contributed by atoms with Crippen molar-refractivity contribution in [2.24, 2.45) is 5.10 Å². The molecule has 6 nitrogen and oxygen atoms in total. The quantitative estimate of drug-likeness (QED) is 0.362. The van der Waals surface area contributed by atoms with Gasteiger partial charge in [-0.25, -0.2) is 13.8 Å². The summed E-state index contributed by atoms with van der Waals surface area (Å²) in [5.74, 6) is -0.519. The van der Waals surface area contributed by atoms with Gasteiger partial charge in [-0.1, -0.05) is 45.7 Å². The van der Waals surface area contributed by atoms with E-state index in [0.717, 1.165) is 10.0 Å². The number of nitrogens with one attached hydrogen (secondary N) is 2. The zero-order chi connectivity index (χ0) is 21.7. The molecular formula is C21H17BrClN3O3S. The molecule has 0 aromatic heterocycles. The molecule has 0 atom stereocenters. The molecule has 1 amide bonds. The Hall–Kier alpha value is -2.68. The number of hydrogen-bond acceptors (Lipinski definition) is 4. The van der Waals surface area contributed by atoms with Gasteiger partial charge in [0.1, 0.15) is 0 Å². The zero-order valence-electron chi connectivity index (χ0n) is 15.8. The van der Waals surface area contributed by atoms with Gasteiger partial charge >= 0.3 is 0 Å². The van der Waals surface area contributed by atoms with E-state index in [-0.39, 0.29) is 10.5 Å². The summed E-state index contributed by atoms with van der Waals surface area (Å²) in [5.41, 5.74) is 4.45. The second-order valence-electron chi connectivity index (χ2n) is 6.29. The van der Waals surface area contributed by atoms with Crippen LogP contribution in [0, 0.1) is 0 Å². The number of sulfonamides is 1. The highest BCUT2D eigenvalue weighted by atomic mass is 79.9. The first-order valence-electron chi connectivity index (χ1n) is 8.73. The maximum absolute atomic E-state index is 12.6. The molecule has 0 unspecified atom stereocenters. The van der Waals surface area contributed by atoms with Crippen LogP contribution in [0.3, 0.4) is 0 Å². The van der Waals surface area contributed by atoms with Gasteiger partial charge in [0.2, 0.25) is 0 Å². The van der Waals surface area contributed by atoms with E-state index in [0.29, 0.717) is 16.4 Å². The van der Waals surface area contributed by atoms with Crippen molar-refractivity contribution in [3.63, 3.8) is 0 Å². The highest BCUT2D eigenvalue weighted by Gasteiger charge is 2.16. The molecule has 0 fully saturated rings. The Balaban J connectivity index is 1.75. The molecule has 0 aliphatic rings. The van der Waals surface area contributed by atoms with Crippen molar-refractivity contribution in [1.29, 1.82) is 0 Å². The van der Waals surface area contributed by atoms with Crippen LogP contribution in [0.2, 0.25) is 5.02 Å². The van der Waals surface area contributed by atoms with Crippen LogP contribution in [0.1, 0.15) is 22.8 Å². The number of nitrogens with zero attached hydrogens (tertiary/aromatic N) is 1. The Morgan fingerprint density at radius 3 is 2.30 bits per heavy atom. The van der Waals surface area contributed by atoms with E-state index in [9.17, 15) is 13.2 Å². The van der Waals surface area contributed by atoms with Crippen molar-refractivity contribution in [3.05, 3.63) is 93.4 Å². The fourth-order valence-corrected chi connectivity index (χ4v) is 3.99. The maximum atomic E-state index is 12.6. The number of carbonyl (C=O) groups excluding carboxylic acids is 1. The zero-order valence-corrected chi connectivity index (χ0v) is 18.9. The van der Waals surface area contributed by atoms with Gasteiger partial charge in [0, 0.05) is 20.7 Å². The van der Waals surface area contributed by atoms with Crippen LogP contribution in [0.4, 0.5) is 5.69 Å². The van der Waals surface area contributed by atoms with Crippen LogP contribution in [0.15, 0.2) is 87.3 Å². The van der Waals surface area contributed by atoms with Crippen molar-refractivity contribution in [3.8, 4) is 0 Å². The van der Waals surface area contributed by atoms with Crippen molar-refractivity contribution in [2.75, 3.05) is 4.72 Å². The van der Waals surface area contributed by atoms with Crippen LogP contribution in [-0.4, -0.2) is 20.0 Å². The maximum Gasteiger partial charge on any atom is 0.271 e. The summed E-state index contributed by atoms with van der Waals surface area (Å²) >= 11 is 9.18. The van der Waals surface area contributed by atoms with Crippen LogP contribution in [-0.2, 0) is 10.0 Å². The second kappa shape index (κ2) is 9.42. The fourth-order valence-electron chi connectivity index (χ4n) is 2.49. The molecule has 9 heteroatoms. The molecule has 0 aliphatic carbocycles. The number of hydrazone groups is 1. The Kier molecular flexibility index (Phi) is 6.91. The molecule has 0 saturated carbocycles. The molecular weight excluding hydrogens is 490 g/mol. The number of halogens is 2. The van der Waals surface area contributed by atoms with E-state index in [1.165, 1.54) is 24.3 Å². The van der Waals surface area contributed by atoms with Gasteiger partial charge < -0.3 is 0 Å². The molecule has 0 bridgehead atoms. The smallest absolute Gasteiger partial charge is 0.271 e. The number of hydrogen-bond donors (Lipinski definition) is 2. The lowest BCUT2D eigenvalue weighted by Gasteiger charge is -2.09. The minimum absolute atomic E-state index is 0.0429. The summed E-state index contributed by atoms with van der Waals surface area (Å²) in [6.07, 6.45) is 0. The molecule has 0 heterocycles. The third kappa shape index (κ3) is 5.69. The topological polar surface area (TPSA) is 87.6 Å². The second-order valence-corrected chi connectivity index (χ2v) is 9.32. The van der Waals surface area contributed by atoms with Crippen molar-refractivity contribution in [2.45, 2.75) is 11.8 Å². The molecule has 3 aromatic carbocycles. The molecule has 0 aliphatic heterocycles. The van der Waals surface area contributed by atoms with Gasteiger partial charge in [0.05, 0.1) is 10.6 Å². The Bertz CT molecular complexity index is 1190. The standard InChI is InChI=1S/C21H17BrClN3O3S/c1-14(15-5-7-17(22)8-6-15)24-25-21(27)16-3-2-4-20(13-16)30(28,29)26-19-11-9-18(23)10-12-19/h2-13,26H,1H3,(H,25,27)/b24-14-. The first-order chi connectivity index (χ1) is 14.2. The molecule has 3 rings (SSSR count). The molecule has 2 N–H and O–H groups in total. The number of benzene rings is 3. The molecule has 0 spiro atoms. The van der Waals surface area contributed by atoms with Crippen LogP contribution in [0.5, 0.6) is 0 Å². The monoisotopic (exact) mass is 505 g/mol. The summed E-state index contributed by atoms with van der Waals surface area (Å²) in [5, 5.41) is 4.59. The molecule has 3 aromatic rings. The summed E-state index contributed by atoms with van der Waals surface area (Å²) in [6, 6.07) is 19.4. The first-order valence-corrected chi connectivity index (χ1v) is 11.4. The van der Waals surface area contributed by atoms with Crippen LogP contribution < -0.4 is 10.1 Å². The summed E-state index contributed by atoms with van der Waals surface area (Å²) in [4.78, 5) is 12.4. The third-order valence-corrected chi connectivity index (χ3v) is 6.25. The lowest BCUT2D eigenvalue weighted by Crippen LogP contribution is -2.20. The molecule has 0 radical (unpaired) electrons. The van der Waals surface area contributed by atoms with Gasteiger partial charge in [0.15, 0.2) is 0 Å². The average Bonchev–Trinajstić information content (AvgIpc) is 2.74. The first kappa shape index (κ1) is 22.0. The highest BCUT2D eigenvalue weighted by Crippen LogP contribution is 2.19. The Morgan fingerprint density at radius 1 is 0.967 bits per heavy atom. The van der Waals surface area contributed by atoms with E-state index < -0.39 is 15.9 Å². The van der Waals surface area contributed by atoms with Crippen molar-refractivity contribution >= 4 is 54.9 Å². The Labute approximate surface area is 188 Å². The molecule has 0 saturated heterocycles. The summed E-state index contributed by atoms with van der Waals surface area (Å²) < 4.78 is 28.7. The largest absolute Gasteiger partial charge is 0.280 e. The number of anilines is 1. The van der Waals surface area contributed by atoms with Crippen LogP contribution in [0.25, 0.3) is 0 Å². The lowest BCUT2D eigenvalue weighted by atomic mass is 10.1. The van der Waals surface area contributed by atoms with Gasteiger partial charge in [0.25, 0.3) is 15.9 Å². The highest BCUT2D eigenvalue weighted by molar-refractivity contribution is 9.10. The predicted molar refractivity (Wildman–Crippen MR) is 123 cm³/mol. The average molecular weight is 507 g/mol. The third-order valence-electron chi connectivity index (χ3n) is 4.09. The van der Waals surface area contributed by atoms with E-state index >= 15 is 0 Å². The number of amides is 1. The van der Waals surface area contributed by atoms with Gasteiger partial charge in [-0.2, -0.15) is 5.10 Å². The Morgan fingerprint density at radius 2 is 1.63 bits per heavy atom. The summed E-state index contributed by atoms with van der Waals surface area (Å²) in [6.45, 7) is 1.76. The van der Waals surface area contributed by atoms with E-state index in [2.05, 4.69) is 31.2 Å². The number of rotatable bonds is 6. The van der Waals surface area contributed by atoms with E-state index in [4.69, 9.17) is 11.6 Å². The molecule has 30 heavy (non-hydrogen) atoms. The van der Waals surface area contributed by atoms with E-state index in [1.807, 2.05) is 24.3 Å². The lowest BCUT2D eigenvalue weighted by molar-refractivity contribution is 0.0954. The number of carbonyl (C=O) groups is 1. The van der Waals surface area contributed by atoms with Crippen LogP contribution >= 0.6 is 27.5 Å².